The Bertz CT molecular complexity index is 1680. The quantitative estimate of drug-likeness (QED) is 0.177. The van der Waals surface area contributed by atoms with Gasteiger partial charge in [-0.1, -0.05) is 6.07 Å². The number of benzene rings is 1. The van der Waals surface area contributed by atoms with Crippen LogP contribution >= 0.6 is 0 Å². The van der Waals surface area contributed by atoms with Gasteiger partial charge in [0.05, 0.1) is 35.0 Å². The molecular weight excluding hydrogens is 625 g/mol. The van der Waals surface area contributed by atoms with Crippen LogP contribution in [0.25, 0.3) is 11.3 Å². The van der Waals surface area contributed by atoms with E-state index in [1.165, 1.54) is 37.6 Å². The summed E-state index contributed by atoms with van der Waals surface area (Å²) in [5.41, 5.74) is -0.593. The third-order valence-electron chi connectivity index (χ3n) is 8.11. The monoisotopic (exact) mass is 665 g/mol. The van der Waals surface area contributed by atoms with Crippen molar-refractivity contribution in [1.82, 2.24) is 20.6 Å². The highest BCUT2D eigenvalue weighted by Crippen LogP contribution is 2.38. The SMILES string of the molecule is COc1cccc(F)c1-c1nc(Nc2cc(N3CCC[C@H](O)C3)c(C(=O)N[C@@H]3CC[C@@H](NC(=O)OC(C)(C)C)C3)cn2)ccc1[N+](=O)[O-]. The summed E-state index contributed by atoms with van der Waals surface area (Å²) < 4.78 is 25.6. The number of aromatic nitrogens is 2. The van der Waals surface area contributed by atoms with Crippen LogP contribution < -0.4 is 25.6 Å². The molecule has 3 atom stereocenters. The van der Waals surface area contributed by atoms with Crippen LogP contribution in [0.5, 0.6) is 5.75 Å². The van der Waals surface area contributed by atoms with Crippen LogP contribution in [-0.4, -0.2) is 76.0 Å². The highest BCUT2D eigenvalue weighted by atomic mass is 19.1. The molecule has 14 nitrogen and oxygen atoms in total. The summed E-state index contributed by atoms with van der Waals surface area (Å²) >= 11 is 0. The van der Waals surface area contributed by atoms with Crippen LogP contribution in [0, 0.1) is 15.9 Å². The van der Waals surface area contributed by atoms with E-state index in [-0.39, 0.29) is 46.6 Å². The van der Waals surface area contributed by atoms with E-state index in [2.05, 4.69) is 25.9 Å². The van der Waals surface area contributed by atoms with Gasteiger partial charge in [-0.2, -0.15) is 0 Å². The fraction of sp³-hybridized carbons (Fsp3) is 0.455. The van der Waals surface area contributed by atoms with Gasteiger partial charge >= 0.3 is 6.09 Å². The molecule has 1 saturated heterocycles. The minimum Gasteiger partial charge on any atom is -0.496 e. The summed E-state index contributed by atoms with van der Waals surface area (Å²) in [6.45, 7) is 6.28. The lowest BCUT2D eigenvalue weighted by molar-refractivity contribution is -0.384. The Labute approximate surface area is 277 Å². The number of rotatable bonds is 9. The van der Waals surface area contributed by atoms with Gasteiger partial charge in [-0.05, 0) is 71.1 Å². The van der Waals surface area contributed by atoms with Gasteiger partial charge < -0.3 is 35.4 Å². The lowest BCUT2D eigenvalue weighted by atomic mass is 10.1. The normalized spacial score (nSPS) is 19.4. The van der Waals surface area contributed by atoms with Crippen molar-refractivity contribution in [2.24, 2.45) is 0 Å². The number of nitro groups is 1. The van der Waals surface area contributed by atoms with Crippen molar-refractivity contribution < 1.29 is 33.5 Å². The van der Waals surface area contributed by atoms with Gasteiger partial charge in [0, 0.05) is 43.5 Å². The highest BCUT2D eigenvalue weighted by molar-refractivity contribution is 6.00. The number of hydrogen-bond acceptors (Lipinski definition) is 11. The van der Waals surface area contributed by atoms with Crippen molar-refractivity contribution >= 4 is 35.0 Å². The minimum absolute atomic E-state index is 0.0800. The van der Waals surface area contributed by atoms with Crippen LogP contribution in [0.1, 0.15) is 63.2 Å². The number of ether oxygens (including phenoxy) is 2. The molecular formula is C33H40FN7O7. The molecule has 15 heteroatoms. The van der Waals surface area contributed by atoms with Gasteiger partial charge in [0.2, 0.25) is 0 Å². The summed E-state index contributed by atoms with van der Waals surface area (Å²) in [5, 5.41) is 31.2. The Morgan fingerprint density at radius 1 is 1.10 bits per heavy atom. The molecule has 0 unspecified atom stereocenters. The van der Waals surface area contributed by atoms with Gasteiger partial charge in [-0.3, -0.25) is 14.9 Å². The van der Waals surface area contributed by atoms with Crippen LogP contribution in [-0.2, 0) is 4.74 Å². The number of nitrogens with zero attached hydrogens (tertiary/aromatic N) is 4. The molecule has 1 saturated carbocycles. The van der Waals surface area contributed by atoms with Crippen molar-refractivity contribution in [3.63, 3.8) is 0 Å². The number of methoxy groups -OCH3 is 1. The van der Waals surface area contributed by atoms with E-state index in [0.717, 1.165) is 6.07 Å². The first-order valence-corrected chi connectivity index (χ1v) is 15.8. The number of amides is 2. The highest BCUT2D eigenvalue weighted by Gasteiger charge is 2.31. The summed E-state index contributed by atoms with van der Waals surface area (Å²) in [4.78, 5) is 47.8. The number of β-amino-alcohol motifs (C(OH)–C–C–N with tert-alkyl or cyclic N) is 1. The minimum atomic E-state index is -0.740. The third kappa shape index (κ3) is 8.26. The largest absolute Gasteiger partial charge is 0.496 e. The molecule has 3 aromatic rings. The summed E-state index contributed by atoms with van der Waals surface area (Å²) in [7, 11) is 1.33. The maximum Gasteiger partial charge on any atom is 0.407 e. The molecule has 4 N–H and O–H groups in total. The number of pyridine rings is 2. The Morgan fingerprint density at radius 2 is 1.85 bits per heavy atom. The van der Waals surface area contributed by atoms with E-state index in [4.69, 9.17) is 9.47 Å². The fourth-order valence-electron chi connectivity index (χ4n) is 5.99. The second-order valence-electron chi connectivity index (χ2n) is 12.9. The Kier molecular flexibility index (Phi) is 10.3. The maximum absolute atomic E-state index is 15.0. The number of carbonyl (C=O) groups excluding carboxylic acids is 2. The third-order valence-corrected chi connectivity index (χ3v) is 8.11. The van der Waals surface area contributed by atoms with E-state index in [9.17, 15) is 29.2 Å². The molecule has 2 aliphatic rings. The maximum atomic E-state index is 15.0. The second-order valence-corrected chi connectivity index (χ2v) is 12.9. The first-order chi connectivity index (χ1) is 22.8. The molecule has 3 heterocycles. The van der Waals surface area contributed by atoms with Crippen molar-refractivity contribution in [2.75, 3.05) is 30.4 Å². The molecule has 1 aliphatic carbocycles. The van der Waals surface area contributed by atoms with Crippen molar-refractivity contribution in [1.29, 1.82) is 0 Å². The Morgan fingerprint density at radius 3 is 2.54 bits per heavy atom. The number of hydrogen-bond donors (Lipinski definition) is 4. The molecule has 0 bridgehead atoms. The van der Waals surface area contributed by atoms with E-state index in [1.807, 2.05) is 4.90 Å². The summed E-state index contributed by atoms with van der Waals surface area (Å²) in [6, 6.07) is 7.99. The Hall–Kier alpha value is -5.05. The van der Waals surface area contributed by atoms with E-state index in [1.54, 1.807) is 26.8 Å². The van der Waals surface area contributed by atoms with Gasteiger partial charge in [0.1, 0.15) is 28.8 Å². The first kappa shape index (κ1) is 34.3. The summed E-state index contributed by atoms with van der Waals surface area (Å²) in [6.07, 6.45) is 3.58. The van der Waals surface area contributed by atoms with E-state index >= 15 is 0 Å². The fourth-order valence-corrected chi connectivity index (χ4v) is 5.99. The standard InChI is InChI=1S/C33H40FN7O7/c1-33(2,3)48-32(44)37-20-11-10-19(15-20)36-31(43)22-17-35-28(16-25(22)40-14-6-7-21(42)18-40)38-27-13-12-24(41(45)46)30(39-27)29-23(34)8-5-9-26(29)47-4/h5,8-9,12-13,16-17,19-21,42H,6-7,10-11,14-15,18H2,1-4H3,(H,36,43)(H,37,44)(H,35,38,39)/t19-,20-,21+/m1/s1. The molecule has 256 valence electrons. The Balaban J connectivity index is 1.39. The average Bonchev–Trinajstić information content (AvgIpc) is 3.45. The van der Waals surface area contributed by atoms with Crippen LogP contribution in [0.3, 0.4) is 0 Å². The van der Waals surface area contributed by atoms with Crippen molar-refractivity contribution in [3.05, 3.63) is 64.1 Å². The average molecular weight is 666 g/mol. The van der Waals surface area contributed by atoms with Crippen LogP contribution in [0.2, 0.25) is 0 Å². The molecule has 0 spiro atoms. The predicted octanol–water partition coefficient (Wildman–Crippen LogP) is 5.08. The molecule has 1 aliphatic heterocycles. The zero-order chi connectivity index (χ0) is 34.6. The number of aliphatic hydroxyl groups excluding tert-OH is 1. The zero-order valence-corrected chi connectivity index (χ0v) is 27.3. The van der Waals surface area contributed by atoms with Gasteiger partial charge in [0.15, 0.2) is 5.69 Å². The number of anilines is 3. The predicted molar refractivity (Wildman–Crippen MR) is 176 cm³/mol. The number of alkyl carbamates (subject to hydrolysis) is 1. The lowest BCUT2D eigenvalue weighted by Gasteiger charge is -2.33. The molecule has 5 rings (SSSR count). The molecule has 2 fully saturated rings. The zero-order valence-electron chi connectivity index (χ0n) is 27.3. The first-order valence-electron chi connectivity index (χ1n) is 15.8. The van der Waals surface area contributed by atoms with Gasteiger partial charge in [0.25, 0.3) is 11.6 Å². The van der Waals surface area contributed by atoms with Crippen molar-refractivity contribution in [3.8, 4) is 17.0 Å². The van der Waals surface area contributed by atoms with E-state index < -0.39 is 34.2 Å². The molecule has 0 radical (unpaired) electrons. The van der Waals surface area contributed by atoms with Crippen LogP contribution in [0.4, 0.5) is 32.2 Å². The molecule has 2 amide bonds. The molecule has 48 heavy (non-hydrogen) atoms. The number of aliphatic hydroxyl groups is 1. The molecule has 2 aromatic heterocycles. The smallest absolute Gasteiger partial charge is 0.407 e. The topological polar surface area (TPSA) is 181 Å². The second kappa shape index (κ2) is 14.4. The van der Waals surface area contributed by atoms with E-state index in [0.29, 0.717) is 56.4 Å². The number of carbonyl (C=O) groups is 2. The van der Waals surface area contributed by atoms with Gasteiger partial charge in [-0.25, -0.2) is 19.2 Å². The molecule has 1 aromatic carbocycles. The van der Waals surface area contributed by atoms with Crippen molar-refractivity contribution in [2.45, 2.75) is 76.7 Å². The lowest BCUT2D eigenvalue weighted by Crippen LogP contribution is -2.41. The van der Waals surface area contributed by atoms with Gasteiger partial charge in [-0.15, -0.1) is 0 Å². The number of nitrogens with one attached hydrogen (secondary N) is 3. The number of piperidine rings is 1. The number of halogens is 1. The summed E-state index contributed by atoms with van der Waals surface area (Å²) in [5.74, 6) is -0.594. The van der Waals surface area contributed by atoms with Crippen LogP contribution in [0.15, 0.2) is 42.6 Å².